The minimum atomic E-state index is 0.308. The minimum absolute atomic E-state index is 0.308. The molecule has 0 aliphatic heterocycles. The summed E-state index contributed by atoms with van der Waals surface area (Å²) in [7, 11) is 0. The molecule has 1 atom stereocenters. The van der Waals surface area contributed by atoms with Gasteiger partial charge in [0.2, 0.25) is 0 Å². The molecule has 0 radical (unpaired) electrons. The summed E-state index contributed by atoms with van der Waals surface area (Å²) in [6, 6.07) is 13.5. The first kappa shape index (κ1) is 16.0. The lowest BCUT2D eigenvalue weighted by molar-refractivity contribution is 0.760. The number of aromatic nitrogens is 2. The zero-order valence-corrected chi connectivity index (χ0v) is 14.5. The molecule has 2 aromatic carbocycles. The molecular formula is C18H17Cl2N3. The molecule has 0 amide bonds. The normalized spacial score (nSPS) is 12.3. The van der Waals surface area contributed by atoms with Gasteiger partial charge in [-0.25, -0.2) is 9.97 Å². The van der Waals surface area contributed by atoms with Crippen molar-refractivity contribution in [1.82, 2.24) is 9.97 Å². The molecule has 118 valence electrons. The second-order valence-corrected chi connectivity index (χ2v) is 6.33. The van der Waals surface area contributed by atoms with Crippen LogP contribution in [-0.4, -0.2) is 16.0 Å². The highest BCUT2D eigenvalue weighted by molar-refractivity contribution is 6.33. The summed E-state index contributed by atoms with van der Waals surface area (Å²) in [4.78, 5) is 9.34. The highest BCUT2D eigenvalue weighted by atomic mass is 35.5. The third kappa shape index (κ3) is 3.41. The van der Waals surface area contributed by atoms with Crippen molar-refractivity contribution < 1.29 is 0 Å². The quantitative estimate of drug-likeness (QED) is 0.647. The maximum absolute atomic E-state index is 6.30. The SMILES string of the molecule is CC[C@@H](C)Nc1nc(-c2ccccc2Cl)nc2cc(Cl)ccc12. The number of hydrogen-bond donors (Lipinski definition) is 1. The fourth-order valence-electron chi connectivity index (χ4n) is 2.31. The largest absolute Gasteiger partial charge is 0.367 e. The Hall–Kier alpha value is -1.84. The molecule has 3 aromatic rings. The van der Waals surface area contributed by atoms with Gasteiger partial charge >= 0.3 is 0 Å². The van der Waals surface area contributed by atoms with Gasteiger partial charge in [0.25, 0.3) is 0 Å². The Balaban J connectivity index is 2.21. The van der Waals surface area contributed by atoms with Crippen molar-refractivity contribution in [3.05, 3.63) is 52.5 Å². The number of rotatable bonds is 4. The summed E-state index contributed by atoms with van der Waals surface area (Å²) < 4.78 is 0. The average Bonchev–Trinajstić information content (AvgIpc) is 2.54. The standard InChI is InChI=1S/C18H17Cl2N3/c1-3-11(2)21-18-14-9-8-12(19)10-16(14)22-17(23-18)13-6-4-5-7-15(13)20/h4-11H,3H2,1-2H3,(H,21,22,23)/t11-/m1/s1. The molecule has 0 aliphatic rings. The van der Waals surface area contributed by atoms with E-state index in [0.717, 1.165) is 28.7 Å². The molecule has 1 aromatic heterocycles. The topological polar surface area (TPSA) is 37.8 Å². The van der Waals surface area contributed by atoms with Crippen LogP contribution in [0.15, 0.2) is 42.5 Å². The van der Waals surface area contributed by atoms with E-state index in [9.17, 15) is 0 Å². The number of nitrogens with one attached hydrogen (secondary N) is 1. The first-order valence-corrected chi connectivity index (χ1v) is 8.33. The predicted molar refractivity (Wildman–Crippen MR) is 98.4 cm³/mol. The van der Waals surface area contributed by atoms with E-state index in [-0.39, 0.29) is 0 Å². The van der Waals surface area contributed by atoms with E-state index in [2.05, 4.69) is 24.1 Å². The van der Waals surface area contributed by atoms with Gasteiger partial charge in [-0.2, -0.15) is 0 Å². The molecule has 1 heterocycles. The Labute approximate surface area is 145 Å². The van der Waals surface area contributed by atoms with Crippen molar-refractivity contribution in [3.8, 4) is 11.4 Å². The Kier molecular flexibility index (Phi) is 4.69. The van der Waals surface area contributed by atoms with Crippen LogP contribution in [0.5, 0.6) is 0 Å². The van der Waals surface area contributed by atoms with Gasteiger partial charge in [0.15, 0.2) is 5.82 Å². The molecule has 5 heteroatoms. The van der Waals surface area contributed by atoms with E-state index in [1.165, 1.54) is 0 Å². The molecule has 0 spiro atoms. The molecular weight excluding hydrogens is 329 g/mol. The molecule has 3 nitrogen and oxygen atoms in total. The van der Waals surface area contributed by atoms with Crippen LogP contribution in [0, 0.1) is 0 Å². The molecule has 0 unspecified atom stereocenters. The van der Waals surface area contributed by atoms with Gasteiger partial charge in [0, 0.05) is 22.0 Å². The van der Waals surface area contributed by atoms with Crippen LogP contribution in [0.25, 0.3) is 22.3 Å². The van der Waals surface area contributed by atoms with Crippen molar-refractivity contribution in [2.24, 2.45) is 0 Å². The summed E-state index contributed by atoms with van der Waals surface area (Å²) in [5, 5.41) is 5.67. The summed E-state index contributed by atoms with van der Waals surface area (Å²) >= 11 is 12.4. The van der Waals surface area contributed by atoms with Gasteiger partial charge in [-0.15, -0.1) is 0 Å². The molecule has 3 rings (SSSR count). The van der Waals surface area contributed by atoms with Gasteiger partial charge in [-0.05, 0) is 43.7 Å². The van der Waals surface area contributed by atoms with Crippen LogP contribution < -0.4 is 5.32 Å². The zero-order valence-electron chi connectivity index (χ0n) is 13.0. The highest BCUT2D eigenvalue weighted by Gasteiger charge is 2.13. The van der Waals surface area contributed by atoms with Gasteiger partial charge in [-0.3, -0.25) is 0 Å². The molecule has 0 bridgehead atoms. The second kappa shape index (κ2) is 6.73. The Morgan fingerprint density at radius 3 is 2.61 bits per heavy atom. The predicted octanol–water partition coefficient (Wildman–Crippen LogP) is 5.81. The first-order valence-electron chi connectivity index (χ1n) is 7.57. The van der Waals surface area contributed by atoms with Crippen molar-refractivity contribution in [2.45, 2.75) is 26.3 Å². The smallest absolute Gasteiger partial charge is 0.163 e. The maximum Gasteiger partial charge on any atom is 0.163 e. The zero-order chi connectivity index (χ0) is 16.4. The molecule has 23 heavy (non-hydrogen) atoms. The number of halogens is 2. The first-order chi connectivity index (χ1) is 11.1. The molecule has 1 N–H and O–H groups in total. The molecule has 0 saturated heterocycles. The second-order valence-electron chi connectivity index (χ2n) is 5.49. The van der Waals surface area contributed by atoms with E-state index in [4.69, 9.17) is 28.2 Å². The fourth-order valence-corrected chi connectivity index (χ4v) is 2.70. The van der Waals surface area contributed by atoms with Gasteiger partial charge in [-0.1, -0.05) is 42.3 Å². The van der Waals surface area contributed by atoms with Crippen LogP contribution >= 0.6 is 23.2 Å². The summed E-state index contributed by atoms with van der Waals surface area (Å²) in [5.74, 6) is 1.40. The lowest BCUT2D eigenvalue weighted by atomic mass is 10.1. The fraction of sp³-hybridized carbons (Fsp3) is 0.222. The lowest BCUT2D eigenvalue weighted by Crippen LogP contribution is -2.15. The monoisotopic (exact) mass is 345 g/mol. The summed E-state index contributed by atoms with van der Waals surface area (Å²) in [6.07, 6.45) is 1.00. The third-order valence-corrected chi connectivity index (χ3v) is 4.33. The van der Waals surface area contributed by atoms with E-state index < -0.39 is 0 Å². The van der Waals surface area contributed by atoms with Crippen molar-refractivity contribution in [1.29, 1.82) is 0 Å². The Morgan fingerprint density at radius 2 is 1.87 bits per heavy atom. The summed E-state index contributed by atoms with van der Waals surface area (Å²) in [6.45, 7) is 4.26. The molecule has 0 fully saturated rings. The number of hydrogen-bond acceptors (Lipinski definition) is 3. The maximum atomic E-state index is 6.30. The lowest BCUT2D eigenvalue weighted by Gasteiger charge is -2.15. The molecule has 0 aliphatic carbocycles. The van der Waals surface area contributed by atoms with Gasteiger partial charge in [0.05, 0.1) is 10.5 Å². The number of nitrogens with zero attached hydrogens (tertiary/aromatic N) is 2. The minimum Gasteiger partial charge on any atom is -0.367 e. The van der Waals surface area contributed by atoms with Crippen LogP contribution in [0.4, 0.5) is 5.82 Å². The summed E-state index contributed by atoms with van der Waals surface area (Å²) in [5.41, 5.74) is 1.61. The molecule has 0 saturated carbocycles. The van der Waals surface area contributed by atoms with E-state index in [1.54, 1.807) is 0 Å². The highest BCUT2D eigenvalue weighted by Crippen LogP contribution is 2.30. The number of fused-ring (bicyclic) bond motifs is 1. The van der Waals surface area contributed by atoms with E-state index in [1.807, 2.05) is 42.5 Å². The van der Waals surface area contributed by atoms with Crippen molar-refractivity contribution >= 4 is 39.9 Å². The number of benzene rings is 2. The van der Waals surface area contributed by atoms with Crippen LogP contribution in [0.2, 0.25) is 10.0 Å². The van der Waals surface area contributed by atoms with Gasteiger partial charge < -0.3 is 5.32 Å². The van der Waals surface area contributed by atoms with E-state index >= 15 is 0 Å². The Morgan fingerprint density at radius 1 is 1.09 bits per heavy atom. The van der Waals surface area contributed by atoms with Crippen LogP contribution in [0.1, 0.15) is 20.3 Å². The van der Waals surface area contributed by atoms with Crippen LogP contribution in [0.3, 0.4) is 0 Å². The van der Waals surface area contributed by atoms with Crippen LogP contribution in [-0.2, 0) is 0 Å². The van der Waals surface area contributed by atoms with Crippen molar-refractivity contribution in [2.75, 3.05) is 5.32 Å². The van der Waals surface area contributed by atoms with E-state index in [0.29, 0.717) is 21.9 Å². The number of anilines is 1. The Bertz CT molecular complexity index is 849. The van der Waals surface area contributed by atoms with Crippen molar-refractivity contribution in [3.63, 3.8) is 0 Å². The van der Waals surface area contributed by atoms with Gasteiger partial charge in [0.1, 0.15) is 5.82 Å². The third-order valence-electron chi connectivity index (χ3n) is 3.77. The average molecular weight is 346 g/mol.